The Labute approximate surface area is 166 Å². The van der Waals surface area contributed by atoms with Crippen LogP contribution in [0.3, 0.4) is 0 Å². The molecule has 156 valence electrons. The third-order valence-corrected chi connectivity index (χ3v) is 6.17. The Morgan fingerprint density at radius 1 is 1.07 bits per heavy atom. The van der Waals surface area contributed by atoms with Crippen LogP contribution in [0.1, 0.15) is 20.3 Å². The number of ether oxygens (including phenoxy) is 1. The summed E-state index contributed by atoms with van der Waals surface area (Å²) in [6.07, 6.45) is 0.784. The molecule has 1 aliphatic rings. The highest BCUT2D eigenvalue weighted by molar-refractivity contribution is 7.89. The highest BCUT2D eigenvalue weighted by Gasteiger charge is 2.29. The minimum absolute atomic E-state index is 0.0521. The Morgan fingerprint density at radius 3 is 2.29 bits per heavy atom. The average molecular weight is 413 g/mol. The van der Waals surface area contributed by atoms with Gasteiger partial charge >= 0.3 is 6.03 Å². The second-order valence-electron chi connectivity index (χ2n) is 6.39. The molecule has 0 aromatic heterocycles. The second kappa shape index (κ2) is 10.4. The minimum atomic E-state index is -3.59. The topological polar surface area (TPSA) is 108 Å². The molecule has 0 bridgehead atoms. The Kier molecular flexibility index (Phi) is 8.21. The smallest absolute Gasteiger partial charge is 0.321 e. The van der Waals surface area contributed by atoms with E-state index in [1.807, 2.05) is 18.7 Å². The van der Waals surface area contributed by atoms with Gasteiger partial charge in [-0.3, -0.25) is 15.0 Å². The van der Waals surface area contributed by atoms with Crippen LogP contribution in [-0.2, 0) is 14.8 Å². The normalized spacial score (nSPS) is 15.8. The van der Waals surface area contributed by atoms with Crippen molar-refractivity contribution in [3.63, 3.8) is 0 Å². The van der Waals surface area contributed by atoms with Gasteiger partial charge < -0.3 is 10.1 Å². The number of sulfonamides is 1. The Balaban J connectivity index is 1.85. The number of carbonyl (C=O) groups excluding carboxylic acids is 2. The summed E-state index contributed by atoms with van der Waals surface area (Å²) in [4.78, 5) is 25.5. The zero-order chi connectivity index (χ0) is 20.6. The van der Waals surface area contributed by atoms with Crippen LogP contribution in [0.15, 0.2) is 29.2 Å². The number of piperazine rings is 1. The zero-order valence-corrected chi connectivity index (χ0v) is 17.1. The summed E-state index contributed by atoms with van der Waals surface area (Å²) in [6, 6.07) is 5.84. The van der Waals surface area contributed by atoms with E-state index in [2.05, 4.69) is 10.6 Å². The minimum Gasteiger partial charge on any atom is -0.494 e. The van der Waals surface area contributed by atoms with Gasteiger partial charge in [-0.05, 0) is 37.6 Å². The third kappa shape index (κ3) is 6.18. The number of hydrogen-bond donors (Lipinski definition) is 2. The molecule has 1 fully saturated rings. The molecule has 2 rings (SSSR count). The van der Waals surface area contributed by atoms with E-state index < -0.39 is 22.0 Å². The van der Waals surface area contributed by atoms with E-state index in [4.69, 9.17) is 4.74 Å². The number of benzene rings is 1. The van der Waals surface area contributed by atoms with E-state index in [1.54, 1.807) is 12.1 Å². The third-order valence-electron chi connectivity index (χ3n) is 4.26. The van der Waals surface area contributed by atoms with Crippen molar-refractivity contribution in [2.24, 2.45) is 0 Å². The monoisotopic (exact) mass is 412 g/mol. The van der Waals surface area contributed by atoms with Crippen molar-refractivity contribution in [2.75, 3.05) is 45.9 Å². The predicted molar refractivity (Wildman–Crippen MR) is 105 cm³/mol. The maximum absolute atomic E-state index is 12.8. The molecule has 0 unspecified atom stereocenters. The first-order valence-electron chi connectivity index (χ1n) is 9.39. The van der Waals surface area contributed by atoms with Gasteiger partial charge in [-0.25, -0.2) is 13.2 Å². The molecule has 0 aliphatic carbocycles. The molecular weight excluding hydrogens is 384 g/mol. The summed E-state index contributed by atoms with van der Waals surface area (Å²) < 4.78 is 32.3. The van der Waals surface area contributed by atoms with Crippen LogP contribution in [0.2, 0.25) is 0 Å². The number of carbonyl (C=O) groups is 2. The van der Waals surface area contributed by atoms with Crippen LogP contribution in [0.25, 0.3) is 0 Å². The second-order valence-corrected chi connectivity index (χ2v) is 8.33. The van der Waals surface area contributed by atoms with Gasteiger partial charge in [0.2, 0.25) is 15.9 Å². The van der Waals surface area contributed by atoms with Crippen LogP contribution in [0.5, 0.6) is 5.75 Å². The van der Waals surface area contributed by atoms with Crippen LogP contribution in [-0.4, -0.2) is 75.4 Å². The van der Waals surface area contributed by atoms with Gasteiger partial charge in [-0.15, -0.1) is 0 Å². The number of rotatable bonds is 8. The van der Waals surface area contributed by atoms with Crippen LogP contribution < -0.4 is 15.4 Å². The largest absolute Gasteiger partial charge is 0.494 e. The molecule has 28 heavy (non-hydrogen) atoms. The van der Waals surface area contributed by atoms with Gasteiger partial charge in [0.15, 0.2) is 0 Å². The fraction of sp³-hybridized carbons (Fsp3) is 0.556. The van der Waals surface area contributed by atoms with E-state index in [9.17, 15) is 18.0 Å². The van der Waals surface area contributed by atoms with Crippen molar-refractivity contribution in [3.8, 4) is 5.75 Å². The lowest BCUT2D eigenvalue weighted by molar-refractivity contribution is -0.121. The lowest BCUT2D eigenvalue weighted by Gasteiger charge is -2.33. The molecule has 0 radical (unpaired) electrons. The van der Waals surface area contributed by atoms with Gasteiger partial charge in [0.25, 0.3) is 0 Å². The van der Waals surface area contributed by atoms with Crippen LogP contribution >= 0.6 is 0 Å². The fourth-order valence-corrected chi connectivity index (χ4v) is 4.23. The van der Waals surface area contributed by atoms with E-state index in [0.717, 1.165) is 6.42 Å². The molecule has 0 spiro atoms. The lowest BCUT2D eigenvalue weighted by atomic mass is 10.3. The number of amides is 3. The number of nitrogens with zero attached hydrogens (tertiary/aromatic N) is 2. The van der Waals surface area contributed by atoms with Gasteiger partial charge in [-0.1, -0.05) is 6.92 Å². The van der Waals surface area contributed by atoms with Gasteiger partial charge in [-0.2, -0.15) is 4.31 Å². The van der Waals surface area contributed by atoms with Crippen molar-refractivity contribution in [2.45, 2.75) is 25.2 Å². The van der Waals surface area contributed by atoms with Gasteiger partial charge in [0, 0.05) is 32.7 Å². The van der Waals surface area contributed by atoms with E-state index in [0.29, 0.717) is 32.0 Å². The van der Waals surface area contributed by atoms with E-state index in [1.165, 1.54) is 16.4 Å². The summed E-state index contributed by atoms with van der Waals surface area (Å²) in [7, 11) is -3.59. The molecule has 1 aliphatic heterocycles. The maximum atomic E-state index is 12.8. The predicted octanol–water partition coefficient (Wildman–Crippen LogP) is 0.627. The molecule has 9 nitrogen and oxygen atoms in total. The van der Waals surface area contributed by atoms with E-state index >= 15 is 0 Å². The van der Waals surface area contributed by atoms with Crippen molar-refractivity contribution in [3.05, 3.63) is 24.3 Å². The first-order chi connectivity index (χ1) is 13.4. The molecule has 1 saturated heterocycles. The summed E-state index contributed by atoms with van der Waals surface area (Å²) in [5, 5.41) is 4.84. The Morgan fingerprint density at radius 2 is 1.71 bits per heavy atom. The average Bonchev–Trinajstić information content (AvgIpc) is 2.67. The van der Waals surface area contributed by atoms with E-state index in [-0.39, 0.29) is 24.5 Å². The molecule has 2 N–H and O–H groups in total. The molecule has 1 heterocycles. The van der Waals surface area contributed by atoms with Crippen molar-refractivity contribution in [1.82, 2.24) is 19.8 Å². The van der Waals surface area contributed by atoms with Crippen LogP contribution in [0, 0.1) is 0 Å². The SMILES string of the molecule is CCCNC(=O)NC(=O)CN1CCN(S(=O)(=O)c2ccc(OCC)cc2)CC1. The van der Waals surface area contributed by atoms with Crippen molar-refractivity contribution < 1.29 is 22.7 Å². The molecule has 0 saturated carbocycles. The number of nitrogens with one attached hydrogen (secondary N) is 2. The zero-order valence-electron chi connectivity index (χ0n) is 16.3. The first-order valence-corrected chi connectivity index (χ1v) is 10.8. The fourth-order valence-electron chi connectivity index (χ4n) is 2.80. The van der Waals surface area contributed by atoms with Gasteiger partial charge in [0.1, 0.15) is 5.75 Å². The number of hydrogen-bond acceptors (Lipinski definition) is 6. The number of imide groups is 1. The molecule has 1 aromatic carbocycles. The summed E-state index contributed by atoms with van der Waals surface area (Å²) in [5.74, 6) is 0.219. The van der Waals surface area contributed by atoms with Crippen LogP contribution in [0.4, 0.5) is 4.79 Å². The lowest BCUT2D eigenvalue weighted by Crippen LogP contribution is -2.52. The Bertz CT molecular complexity index is 759. The first kappa shape index (κ1) is 22.1. The maximum Gasteiger partial charge on any atom is 0.321 e. The van der Waals surface area contributed by atoms with Gasteiger partial charge in [0.05, 0.1) is 18.0 Å². The van der Waals surface area contributed by atoms with Crippen molar-refractivity contribution >= 4 is 22.0 Å². The molecular formula is C18H28N4O5S. The summed E-state index contributed by atoms with van der Waals surface area (Å²) in [6.45, 7) is 6.25. The number of urea groups is 1. The standard InChI is InChI=1S/C18H28N4O5S/c1-3-9-19-18(24)20-17(23)14-21-10-12-22(13-11-21)28(25,26)16-7-5-15(6-8-16)27-4-2/h5-8H,3-4,9-14H2,1-2H3,(H2,19,20,23,24). The molecule has 0 atom stereocenters. The highest BCUT2D eigenvalue weighted by Crippen LogP contribution is 2.20. The molecule has 10 heteroatoms. The quantitative estimate of drug-likeness (QED) is 0.648. The van der Waals surface area contributed by atoms with Crippen molar-refractivity contribution in [1.29, 1.82) is 0 Å². The molecule has 3 amide bonds. The summed E-state index contributed by atoms with van der Waals surface area (Å²) in [5.41, 5.74) is 0. The summed E-state index contributed by atoms with van der Waals surface area (Å²) >= 11 is 0. The highest BCUT2D eigenvalue weighted by atomic mass is 32.2. The molecule has 1 aromatic rings. The Hall–Kier alpha value is -2.17.